The lowest BCUT2D eigenvalue weighted by Crippen LogP contribution is -2.45. The number of nitrogens with two attached hydrogens (primary N) is 1. The molecule has 5 nitrogen and oxygen atoms in total. The molecule has 1 aliphatic heterocycles. The minimum Gasteiger partial charge on any atom is -0.364 e. The number of rotatable bonds is 3. The third kappa shape index (κ3) is 2.29. The molecule has 0 saturated heterocycles. The molecule has 2 rings (SSSR count). The van der Waals surface area contributed by atoms with Gasteiger partial charge in [-0.1, -0.05) is 28.4 Å². The Morgan fingerprint density at radius 1 is 1.44 bits per heavy atom. The predicted molar refractivity (Wildman–Crippen MR) is 67.6 cm³/mol. The number of ether oxygens (including phenoxy) is 1. The van der Waals surface area contributed by atoms with Crippen LogP contribution in [0.4, 0.5) is 0 Å². The first-order valence-electron chi connectivity index (χ1n) is 5.03. The van der Waals surface area contributed by atoms with Crippen LogP contribution in [0.1, 0.15) is 12.0 Å². The van der Waals surface area contributed by atoms with Crippen molar-refractivity contribution in [1.82, 2.24) is 0 Å². The zero-order valence-electron chi connectivity index (χ0n) is 9.44. The van der Waals surface area contributed by atoms with E-state index >= 15 is 0 Å². The summed E-state index contributed by atoms with van der Waals surface area (Å²) in [6, 6.07) is 4.94. The number of hydrogen-bond acceptors (Lipinski definition) is 4. The van der Waals surface area contributed by atoms with Crippen molar-refractivity contribution in [3.05, 3.63) is 33.8 Å². The quantitative estimate of drug-likeness (QED) is 0.924. The molecule has 1 aromatic carbocycles. The number of carbonyl (C=O) groups excluding carboxylic acids is 1. The van der Waals surface area contributed by atoms with Crippen LogP contribution in [0.5, 0.6) is 0 Å². The summed E-state index contributed by atoms with van der Waals surface area (Å²) in [7, 11) is 1.33. The van der Waals surface area contributed by atoms with Gasteiger partial charge in [-0.15, -0.1) is 0 Å². The minimum atomic E-state index is -1.55. The predicted octanol–water partition coefficient (Wildman–Crippen LogP) is 1.95. The topological polar surface area (TPSA) is 73.9 Å². The van der Waals surface area contributed by atoms with Gasteiger partial charge in [0, 0.05) is 22.7 Å². The van der Waals surface area contributed by atoms with Crippen molar-refractivity contribution in [2.24, 2.45) is 10.9 Å². The molecule has 0 aromatic heterocycles. The van der Waals surface area contributed by atoms with Crippen LogP contribution in [0.3, 0.4) is 0 Å². The first-order valence-corrected chi connectivity index (χ1v) is 5.79. The molecule has 0 aliphatic carbocycles. The average Bonchev–Trinajstić information content (AvgIpc) is 2.73. The second-order valence-electron chi connectivity index (χ2n) is 3.79. The number of hydrogen-bond donors (Lipinski definition) is 1. The maximum absolute atomic E-state index is 11.3. The molecule has 0 spiro atoms. The number of benzene rings is 1. The van der Waals surface area contributed by atoms with Crippen molar-refractivity contribution < 1.29 is 14.4 Å². The smallest absolute Gasteiger partial charge is 0.321 e. The molecular weight excluding hydrogens is 279 g/mol. The van der Waals surface area contributed by atoms with Crippen LogP contribution in [-0.4, -0.2) is 24.5 Å². The van der Waals surface area contributed by atoms with Gasteiger partial charge in [0.2, 0.25) is 0 Å². The standard InChI is InChI=1S/C11H10Cl2N2O3/c1-17-11(10(14)16)5-9(15-18-11)6-2-7(12)4-8(13)3-6/h2-4H,5H2,1H3,(H2,14,16). The SMILES string of the molecule is COC1(C(N)=O)CC(c2cc(Cl)cc(Cl)c2)=NO1. The highest BCUT2D eigenvalue weighted by atomic mass is 35.5. The van der Waals surface area contributed by atoms with E-state index < -0.39 is 11.7 Å². The van der Waals surface area contributed by atoms with Crippen molar-refractivity contribution >= 4 is 34.8 Å². The lowest BCUT2D eigenvalue weighted by Gasteiger charge is -2.20. The number of primary amides is 1. The number of halogens is 2. The van der Waals surface area contributed by atoms with Gasteiger partial charge in [-0.05, 0) is 18.2 Å². The lowest BCUT2D eigenvalue weighted by molar-refractivity contribution is -0.205. The molecule has 7 heteroatoms. The molecule has 1 amide bonds. The number of nitrogens with zero attached hydrogens (tertiary/aromatic N) is 1. The van der Waals surface area contributed by atoms with E-state index in [9.17, 15) is 4.79 Å². The summed E-state index contributed by atoms with van der Waals surface area (Å²) in [5, 5.41) is 4.74. The molecule has 2 N–H and O–H groups in total. The van der Waals surface area contributed by atoms with Gasteiger partial charge in [0.25, 0.3) is 5.91 Å². The summed E-state index contributed by atoms with van der Waals surface area (Å²) in [6.07, 6.45) is 0.107. The second-order valence-corrected chi connectivity index (χ2v) is 4.66. The fraction of sp³-hybridized carbons (Fsp3) is 0.273. The lowest BCUT2D eigenvalue weighted by atomic mass is 10.0. The van der Waals surface area contributed by atoms with Crippen molar-refractivity contribution in [2.45, 2.75) is 12.2 Å². The zero-order chi connectivity index (χ0) is 13.3. The van der Waals surface area contributed by atoms with E-state index in [4.69, 9.17) is 38.5 Å². The van der Waals surface area contributed by atoms with E-state index in [0.717, 1.165) is 0 Å². The van der Waals surface area contributed by atoms with Crippen LogP contribution in [0, 0.1) is 0 Å². The Labute approximate surface area is 113 Å². The van der Waals surface area contributed by atoms with E-state index in [1.807, 2.05) is 0 Å². The van der Waals surface area contributed by atoms with Gasteiger partial charge in [0.15, 0.2) is 0 Å². The number of oxime groups is 1. The molecular formula is C11H10Cl2N2O3. The molecule has 0 fully saturated rings. The highest BCUT2D eigenvalue weighted by Gasteiger charge is 2.46. The molecule has 1 aromatic rings. The van der Waals surface area contributed by atoms with Gasteiger partial charge < -0.3 is 15.3 Å². The summed E-state index contributed by atoms with van der Waals surface area (Å²) in [5.41, 5.74) is 6.39. The number of amides is 1. The van der Waals surface area contributed by atoms with Crippen LogP contribution in [0.15, 0.2) is 23.4 Å². The molecule has 0 radical (unpaired) electrons. The van der Waals surface area contributed by atoms with Crippen LogP contribution < -0.4 is 5.73 Å². The third-order valence-corrected chi connectivity index (χ3v) is 3.04. The van der Waals surface area contributed by atoms with Crippen molar-refractivity contribution in [2.75, 3.05) is 7.11 Å². The summed E-state index contributed by atoms with van der Waals surface area (Å²) in [5.74, 6) is -2.29. The third-order valence-electron chi connectivity index (χ3n) is 2.60. The van der Waals surface area contributed by atoms with Gasteiger partial charge in [0.05, 0.1) is 12.1 Å². The summed E-state index contributed by atoms with van der Waals surface area (Å²) in [6.45, 7) is 0. The maximum Gasteiger partial charge on any atom is 0.321 e. The molecule has 96 valence electrons. The molecule has 18 heavy (non-hydrogen) atoms. The van der Waals surface area contributed by atoms with E-state index in [2.05, 4.69) is 5.16 Å². The van der Waals surface area contributed by atoms with Crippen LogP contribution in [-0.2, 0) is 14.4 Å². The van der Waals surface area contributed by atoms with E-state index in [1.54, 1.807) is 18.2 Å². The average molecular weight is 289 g/mol. The van der Waals surface area contributed by atoms with Gasteiger partial charge in [0.1, 0.15) is 0 Å². The van der Waals surface area contributed by atoms with E-state index in [1.165, 1.54) is 7.11 Å². The minimum absolute atomic E-state index is 0.107. The van der Waals surface area contributed by atoms with Gasteiger partial charge in [-0.2, -0.15) is 0 Å². The Kier molecular flexibility index (Phi) is 3.47. The highest BCUT2D eigenvalue weighted by Crippen LogP contribution is 2.29. The van der Waals surface area contributed by atoms with Crippen LogP contribution in [0.25, 0.3) is 0 Å². The molecule has 1 atom stereocenters. The van der Waals surface area contributed by atoms with Gasteiger partial charge in [-0.3, -0.25) is 4.79 Å². The summed E-state index contributed by atoms with van der Waals surface area (Å²) >= 11 is 11.8. The summed E-state index contributed by atoms with van der Waals surface area (Å²) in [4.78, 5) is 16.3. The molecule has 1 unspecified atom stereocenters. The first-order chi connectivity index (χ1) is 8.47. The van der Waals surface area contributed by atoms with E-state index in [-0.39, 0.29) is 6.42 Å². The molecule has 1 aliphatic rings. The fourth-order valence-corrected chi connectivity index (χ4v) is 2.16. The number of methoxy groups -OCH3 is 1. The maximum atomic E-state index is 11.3. The van der Waals surface area contributed by atoms with Crippen LogP contribution >= 0.6 is 23.2 Å². The Morgan fingerprint density at radius 2 is 2.06 bits per heavy atom. The Balaban J connectivity index is 2.30. The largest absolute Gasteiger partial charge is 0.364 e. The molecule has 0 saturated carbocycles. The Morgan fingerprint density at radius 3 is 2.50 bits per heavy atom. The van der Waals surface area contributed by atoms with E-state index in [0.29, 0.717) is 21.3 Å². The Bertz CT molecular complexity index is 513. The fourth-order valence-electron chi connectivity index (χ4n) is 1.63. The summed E-state index contributed by atoms with van der Waals surface area (Å²) < 4.78 is 5.00. The number of carbonyl (C=O) groups is 1. The second kappa shape index (κ2) is 4.76. The highest BCUT2D eigenvalue weighted by molar-refractivity contribution is 6.35. The first kappa shape index (κ1) is 13.1. The molecule has 1 heterocycles. The molecule has 0 bridgehead atoms. The van der Waals surface area contributed by atoms with Gasteiger partial charge >= 0.3 is 5.79 Å². The van der Waals surface area contributed by atoms with Crippen molar-refractivity contribution in [1.29, 1.82) is 0 Å². The van der Waals surface area contributed by atoms with Crippen molar-refractivity contribution in [3.8, 4) is 0 Å². The monoisotopic (exact) mass is 288 g/mol. The van der Waals surface area contributed by atoms with Crippen molar-refractivity contribution in [3.63, 3.8) is 0 Å². The normalized spacial score (nSPS) is 22.5. The zero-order valence-corrected chi connectivity index (χ0v) is 11.0. The van der Waals surface area contributed by atoms with Crippen LogP contribution in [0.2, 0.25) is 10.0 Å². The van der Waals surface area contributed by atoms with Gasteiger partial charge in [-0.25, -0.2) is 0 Å². The Hall–Kier alpha value is -1.30.